The molecular weight excluding hydrogens is 352 g/mol. The number of nitrogens with one attached hydrogen (secondary N) is 1. The molecule has 0 aliphatic carbocycles. The molecule has 0 radical (unpaired) electrons. The van der Waals surface area contributed by atoms with Crippen LogP contribution in [0.25, 0.3) is 0 Å². The minimum Gasteiger partial charge on any atom is -0.493 e. The first-order valence-corrected chi connectivity index (χ1v) is 9.40. The summed E-state index contributed by atoms with van der Waals surface area (Å²) in [5.41, 5.74) is 1.78. The number of thiazole rings is 1. The molecule has 140 valence electrons. The maximum Gasteiger partial charge on any atom is 0.350 e. The summed E-state index contributed by atoms with van der Waals surface area (Å²) in [6, 6.07) is 7.80. The first-order chi connectivity index (χ1) is 12.4. The lowest BCUT2D eigenvalue weighted by atomic mass is 10.2. The molecule has 1 N–H and O–H groups in total. The molecule has 1 aromatic carbocycles. The summed E-state index contributed by atoms with van der Waals surface area (Å²) in [5.74, 6) is 0.0980. The summed E-state index contributed by atoms with van der Waals surface area (Å²) in [4.78, 5) is 28.6. The van der Waals surface area contributed by atoms with Crippen molar-refractivity contribution in [3.8, 4) is 5.75 Å². The molecular formula is C19H24N2O4S. The van der Waals surface area contributed by atoms with E-state index in [0.717, 1.165) is 23.5 Å². The van der Waals surface area contributed by atoms with Gasteiger partial charge in [-0.3, -0.25) is 4.79 Å². The van der Waals surface area contributed by atoms with Crippen LogP contribution in [0.5, 0.6) is 5.75 Å². The Balaban J connectivity index is 1.82. The van der Waals surface area contributed by atoms with E-state index in [9.17, 15) is 9.59 Å². The number of benzene rings is 1. The van der Waals surface area contributed by atoms with Gasteiger partial charge in [0.15, 0.2) is 5.13 Å². The van der Waals surface area contributed by atoms with E-state index in [1.165, 1.54) is 5.56 Å². The number of hydrogen-bond donors (Lipinski definition) is 1. The molecule has 7 heteroatoms. The van der Waals surface area contributed by atoms with Gasteiger partial charge in [-0.05, 0) is 44.9 Å². The van der Waals surface area contributed by atoms with E-state index >= 15 is 0 Å². The number of ether oxygens (including phenoxy) is 2. The van der Waals surface area contributed by atoms with Gasteiger partial charge in [0, 0.05) is 0 Å². The average molecular weight is 376 g/mol. The largest absolute Gasteiger partial charge is 0.493 e. The van der Waals surface area contributed by atoms with Crippen molar-refractivity contribution < 1.29 is 19.1 Å². The number of hydrogen-bond acceptors (Lipinski definition) is 6. The highest BCUT2D eigenvalue weighted by Gasteiger charge is 2.18. The maximum absolute atomic E-state index is 12.0. The predicted octanol–water partition coefficient (Wildman–Crippen LogP) is 3.99. The van der Waals surface area contributed by atoms with E-state index in [1.54, 1.807) is 20.8 Å². The van der Waals surface area contributed by atoms with Gasteiger partial charge in [-0.15, -0.1) is 0 Å². The first-order valence-electron chi connectivity index (χ1n) is 8.59. The molecule has 0 fully saturated rings. The van der Waals surface area contributed by atoms with Gasteiger partial charge in [0.1, 0.15) is 10.6 Å². The Labute approximate surface area is 157 Å². The predicted molar refractivity (Wildman–Crippen MR) is 102 cm³/mol. The van der Waals surface area contributed by atoms with E-state index < -0.39 is 5.97 Å². The highest BCUT2D eigenvalue weighted by molar-refractivity contribution is 7.17. The molecule has 0 aliphatic heterocycles. The average Bonchev–Trinajstić information content (AvgIpc) is 2.95. The van der Waals surface area contributed by atoms with Gasteiger partial charge in [0.05, 0.1) is 24.8 Å². The third-order valence-electron chi connectivity index (χ3n) is 3.50. The number of carbonyl (C=O) groups is 2. The summed E-state index contributed by atoms with van der Waals surface area (Å²) >= 11 is 1.11. The highest BCUT2D eigenvalue weighted by atomic mass is 32.1. The molecule has 1 heterocycles. The molecule has 0 unspecified atom stereocenters. The Hall–Kier alpha value is -2.41. The molecule has 0 bridgehead atoms. The number of aryl methyl sites for hydroxylation is 2. The summed E-state index contributed by atoms with van der Waals surface area (Å²) in [7, 11) is 0. The Morgan fingerprint density at radius 1 is 1.23 bits per heavy atom. The first kappa shape index (κ1) is 19.9. The van der Waals surface area contributed by atoms with Crippen LogP contribution < -0.4 is 10.1 Å². The summed E-state index contributed by atoms with van der Waals surface area (Å²) in [6.07, 6.45) is 0.966. The lowest BCUT2D eigenvalue weighted by Crippen LogP contribution is -2.15. The van der Waals surface area contributed by atoms with E-state index in [1.807, 2.05) is 24.3 Å². The van der Waals surface area contributed by atoms with Gasteiger partial charge < -0.3 is 14.8 Å². The van der Waals surface area contributed by atoms with Crippen LogP contribution in [0.3, 0.4) is 0 Å². The fourth-order valence-electron chi connectivity index (χ4n) is 2.17. The fraction of sp³-hybridized carbons (Fsp3) is 0.421. The van der Waals surface area contributed by atoms with Gasteiger partial charge in [-0.25, -0.2) is 9.78 Å². The number of esters is 1. The number of nitrogens with zero attached hydrogens (tertiary/aromatic N) is 1. The van der Waals surface area contributed by atoms with Crippen LogP contribution >= 0.6 is 11.3 Å². The van der Waals surface area contributed by atoms with Crippen LogP contribution in [0.15, 0.2) is 24.3 Å². The van der Waals surface area contributed by atoms with Crippen molar-refractivity contribution in [1.82, 2.24) is 4.98 Å². The minimum atomic E-state index is -0.422. The molecule has 0 saturated heterocycles. The van der Waals surface area contributed by atoms with Crippen LogP contribution in [-0.4, -0.2) is 29.6 Å². The van der Waals surface area contributed by atoms with Crippen molar-refractivity contribution in [3.63, 3.8) is 0 Å². The summed E-state index contributed by atoms with van der Waals surface area (Å²) in [6.45, 7) is 7.64. The smallest absolute Gasteiger partial charge is 0.350 e. The molecule has 0 spiro atoms. The quantitative estimate of drug-likeness (QED) is 0.705. The lowest BCUT2D eigenvalue weighted by molar-refractivity contribution is -0.116. The molecule has 1 amide bonds. The molecule has 0 saturated carbocycles. The second kappa shape index (κ2) is 9.33. The normalized spacial score (nSPS) is 10.7. The molecule has 1 aromatic heterocycles. The van der Waals surface area contributed by atoms with Crippen molar-refractivity contribution in [2.45, 2.75) is 46.6 Å². The van der Waals surface area contributed by atoms with E-state index in [2.05, 4.69) is 17.2 Å². The zero-order valence-electron chi connectivity index (χ0n) is 15.5. The van der Waals surface area contributed by atoms with Crippen LogP contribution in [0.2, 0.25) is 0 Å². The number of rotatable bonds is 8. The van der Waals surface area contributed by atoms with Gasteiger partial charge in [0.25, 0.3) is 0 Å². The second-order valence-electron chi connectivity index (χ2n) is 6.03. The molecule has 0 atom stereocenters. The van der Waals surface area contributed by atoms with E-state index in [-0.39, 0.29) is 25.0 Å². The van der Waals surface area contributed by atoms with Crippen LogP contribution in [0.1, 0.15) is 48.1 Å². The highest BCUT2D eigenvalue weighted by Crippen LogP contribution is 2.24. The van der Waals surface area contributed by atoms with Crippen LogP contribution in [0.4, 0.5) is 5.13 Å². The second-order valence-corrected chi connectivity index (χ2v) is 7.03. The minimum absolute atomic E-state index is 0.194. The zero-order valence-corrected chi connectivity index (χ0v) is 16.3. The number of amides is 1. The van der Waals surface area contributed by atoms with Gasteiger partial charge in [0.2, 0.25) is 5.91 Å². The van der Waals surface area contributed by atoms with Crippen molar-refractivity contribution >= 4 is 28.3 Å². The van der Waals surface area contributed by atoms with E-state index in [4.69, 9.17) is 9.47 Å². The molecule has 0 aliphatic rings. The van der Waals surface area contributed by atoms with Gasteiger partial charge >= 0.3 is 5.97 Å². The number of carbonyl (C=O) groups excluding carboxylic acids is 2. The van der Waals surface area contributed by atoms with Crippen molar-refractivity contribution in [2.75, 3.05) is 11.9 Å². The van der Waals surface area contributed by atoms with Crippen LogP contribution in [-0.2, 0) is 16.0 Å². The monoisotopic (exact) mass is 376 g/mol. The Morgan fingerprint density at radius 2 is 1.92 bits per heavy atom. The number of anilines is 1. The maximum atomic E-state index is 12.0. The summed E-state index contributed by atoms with van der Waals surface area (Å²) < 4.78 is 10.7. The SMILES string of the molecule is CCc1ccc(OCCC(=O)Nc2nc(C)c(C(=O)OC(C)C)s2)cc1. The number of aromatic nitrogens is 1. The van der Waals surface area contributed by atoms with Crippen LogP contribution in [0, 0.1) is 6.92 Å². The summed E-state index contributed by atoms with van der Waals surface area (Å²) in [5, 5.41) is 3.08. The standard InChI is InChI=1S/C19H24N2O4S/c1-5-14-6-8-15(9-7-14)24-11-10-16(22)21-19-20-13(4)17(26-19)18(23)25-12(2)3/h6-9,12H,5,10-11H2,1-4H3,(H,20,21,22). The van der Waals surface area contributed by atoms with Gasteiger partial charge in [-0.1, -0.05) is 30.4 Å². The van der Waals surface area contributed by atoms with E-state index in [0.29, 0.717) is 15.7 Å². The third kappa shape index (κ3) is 5.84. The third-order valence-corrected chi connectivity index (χ3v) is 4.55. The van der Waals surface area contributed by atoms with Crippen molar-refractivity contribution in [1.29, 1.82) is 0 Å². The molecule has 6 nitrogen and oxygen atoms in total. The lowest BCUT2D eigenvalue weighted by Gasteiger charge is -2.06. The van der Waals surface area contributed by atoms with Crippen molar-refractivity contribution in [3.05, 3.63) is 40.4 Å². The zero-order chi connectivity index (χ0) is 19.1. The topological polar surface area (TPSA) is 77.5 Å². The Morgan fingerprint density at radius 3 is 2.54 bits per heavy atom. The Bertz CT molecular complexity index is 753. The van der Waals surface area contributed by atoms with Crippen molar-refractivity contribution in [2.24, 2.45) is 0 Å². The molecule has 2 aromatic rings. The Kier molecular flexibility index (Phi) is 7.15. The molecule has 26 heavy (non-hydrogen) atoms. The molecule has 2 rings (SSSR count). The van der Waals surface area contributed by atoms with Gasteiger partial charge in [-0.2, -0.15) is 0 Å². The fourth-order valence-corrected chi connectivity index (χ4v) is 3.04.